The number of benzene rings is 2. The highest BCUT2D eigenvalue weighted by atomic mass is 35.5. The molecule has 0 spiro atoms. The summed E-state index contributed by atoms with van der Waals surface area (Å²) in [6.07, 6.45) is 0. The van der Waals surface area contributed by atoms with Crippen molar-refractivity contribution in [2.75, 3.05) is 12.8 Å². The Morgan fingerprint density at radius 3 is 2.54 bits per heavy atom. The first-order valence-electron chi connectivity index (χ1n) is 7.96. The fourth-order valence-corrected chi connectivity index (χ4v) is 4.13. The predicted molar refractivity (Wildman–Crippen MR) is 108 cm³/mol. The van der Waals surface area contributed by atoms with Gasteiger partial charge in [-0.2, -0.15) is 0 Å². The lowest BCUT2D eigenvalue weighted by molar-refractivity contribution is -0.118. The lowest BCUT2D eigenvalue weighted by atomic mass is 10.1. The van der Waals surface area contributed by atoms with Crippen molar-refractivity contribution in [3.8, 4) is 0 Å². The van der Waals surface area contributed by atoms with E-state index in [1.807, 2.05) is 36.4 Å². The highest BCUT2D eigenvalue weighted by Crippen LogP contribution is 2.16. The van der Waals surface area contributed by atoms with E-state index in [0.29, 0.717) is 28.6 Å². The Morgan fingerprint density at radius 1 is 1.12 bits per heavy atom. The molecule has 0 saturated heterocycles. The van der Waals surface area contributed by atoms with Crippen molar-refractivity contribution >= 4 is 39.3 Å². The van der Waals surface area contributed by atoms with Crippen LogP contribution in [0.2, 0.25) is 5.02 Å². The zero-order chi connectivity index (χ0) is 19.0. The highest BCUT2D eigenvalue weighted by molar-refractivity contribution is 7.99. The maximum absolute atomic E-state index is 12.0. The second-order valence-corrected chi connectivity index (χ2v) is 8.98. The molecule has 0 fully saturated rings. The van der Waals surface area contributed by atoms with Crippen LogP contribution in [0.25, 0.3) is 0 Å². The van der Waals surface area contributed by atoms with Crippen molar-refractivity contribution < 1.29 is 13.2 Å². The molecule has 2 aromatic carbocycles. The minimum Gasteiger partial charge on any atom is -0.351 e. The Kier molecular flexibility index (Phi) is 7.96. The molecule has 0 heterocycles. The number of carbonyl (C=O) groups excluding carboxylic acids is 1. The van der Waals surface area contributed by atoms with Gasteiger partial charge in [-0.25, -0.2) is 13.1 Å². The van der Waals surface area contributed by atoms with Crippen LogP contribution in [0.1, 0.15) is 16.7 Å². The standard InChI is InChI=1S/C18H21ClN2O3S2/c1-20-26(23,24)13-16-7-3-2-6-15(16)10-21-18(22)12-25-11-14-5-4-8-17(19)9-14/h2-9,20H,10-13H2,1H3,(H,21,22). The monoisotopic (exact) mass is 412 g/mol. The van der Waals surface area contributed by atoms with E-state index in [1.165, 1.54) is 18.8 Å². The maximum atomic E-state index is 12.0. The van der Waals surface area contributed by atoms with E-state index in [0.717, 1.165) is 11.1 Å². The van der Waals surface area contributed by atoms with E-state index in [4.69, 9.17) is 11.6 Å². The van der Waals surface area contributed by atoms with Gasteiger partial charge in [-0.05, 0) is 35.9 Å². The Balaban J connectivity index is 1.84. The molecule has 0 atom stereocenters. The number of nitrogens with one attached hydrogen (secondary N) is 2. The number of hydrogen-bond donors (Lipinski definition) is 2. The minimum absolute atomic E-state index is 0.0942. The summed E-state index contributed by atoms with van der Waals surface area (Å²) < 4.78 is 25.8. The molecule has 140 valence electrons. The zero-order valence-corrected chi connectivity index (χ0v) is 16.8. The molecule has 1 amide bonds. The molecule has 5 nitrogen and oxygen atoms in total. The first-order valence-corrected chi connectivity index (χ1v) is 11.1. The third kappa shape index (κ3) is 6.99. The fraction of sp³-hybridized carbons (Fsp3) is 0.278. The minimum atomic E-state index is -3.36. The van der Waals surface area contributed by atoms with Crippen LogP contribution < -0.4 is 10.0 Å². The molecule has 0 bridgehead atoms. The molecule has 2 rings (SSSR count). The normalized spacial score (nSPS) is 11.3. The van der Waals surface area contributed by atoms with Gasteiger partial charge in [0.05, 0.1) is 11.5 Å². The number of halogens is 1. The van der Waals surface area contributed by atoms with E-state index < -0.39 is 10.0 Å². The molecule has 0 radical (unpaired) electrons. The van der Waals surface area contributed by atoms with Crippen LogP contribution in [0.15, 0.2) is 48.5 Å². The van der Waals surface area contributed by atoms with Crippen LogP contribution in [-0.2, 0) is 32.9 Å². The quantitative estimate of drug-likeness (QED) is 0.664. The zero-order valence-electron chi connectivity index (χ0n) is 14.4. The van der Waals surface area contributed by atoms with Crippen molar-refractivity contribution in [2.24, 2.45) is 0 Å². The average molecular weight is 413 g/mol. The van der Waals surface area contributed by atoms with Crippen LogP contribution in [0.3, 0.4) is 0 Å². The average Bonchev–Trinajstić information content (AvgIpc) is 2.61. The second kappa shape index (κ2) is 9.97. The van der Waals surface area contributed by atoms with Gasteiger partial charge < -0.3 is 5.32 Å². The molecule has 0 aliphatic rings. The number of sulfonamides is 1. The van der Waals surface area contributed by atoms with Crippen LogP contribution in [0, 0.1) is 0 Å². The van der Waals surface area contributed by atoms with Gasteiger partial charge in [0.1, 0.15) is 0 Å². The van der Waals surface area contributed by atoms with Crippen molar-refractivity contribution in [1.82, 2.24) is 10.0 Å². The highest BCUT2D eigenvalue weighted by Gasteiger charge is 2.12. The fourth-order valence-electron chi connectivity index (χ4n) is 2.28. The first-order chi connectivity index (χ1) is 12.4. The SMILES string of the molecule is CNS(=O)(=O)Cc1ccccc1CNC(=O)CSCc1cccc(Cl)c1. The summed E-state index contributed by atoms with van der Waals surface area (Å²) >= 11 is 7.44. The smallest absolute Gasteiger partial charge is 0.230 e. The summed E-state index contributed by atoms with van der Waals surface area (Å²) in [6, 6.07) is 14.7. The van der Waals surface area contributed by atoms with Crippen molar-refractivity contribution in [3.63, 3.8) is 0 Å². The third-order valence-electron chi connectivity index (χ3n) is 3.64. The summed E-state index contributed by atoms with van der Waals surface area (Å²) in [5.74, 6) is 0.816. The lowest BCUT2D eigenvalue weighted by Crippen LogP contribution is -2.26. The van der Waals surface area contributed by atoms with Crippen LogP contribution >= 0.6 is 23.4 Å². The maximum Gasteiger partial charge on any atom is 0.230 e. The van der Waals surface area contributed by atoms with Gasteiger partial charge >= 0.3 is 0 Å². The molecule has 2 aromatic rings. The lowest BCUT2D eigenvalue weighted by Gasteiger charge is -2.11. The van der Waals surface area contributed by atoms with E-state index >= 15 is 0 Å². The number of thioether (sulfide) groups is 1. The molecule has 26 heavy (non-hydrogen) atoms. The van der Waals surface area contributed by atoms with E-state index in [2.05, 4.69) is 10.0 Å². The largest absolute Gasteiger partial charge is 0.351 e. The van der Waals surface area contributed by atoms with Crippen molar-refractivity contribution in [1.29, 1.82) is 0 Å². The summed E-state index contributed by atoms with van der Waals surface area (Å²) in [5, 5.41) is 3.52. The van der Waals surface area contributed by atoms with Gasteiger partial charge in [0.2, 0.25) is 15.9 Å². The topological polar surface area (TPSA) is 75.3 Å². The summed E-state index contributed by atoms with van der Waals surface area (Å²) in [7, 11) is -1.97. The number of hydrogen-bond acceptors (Lipinski definition) is 4. The first kappa shape index (κ1) is 20.8. The van der Waals surface area contributed by atoms with E-state index in [9.17, 15) is 13.2 Å². The van der Waals surface area contributed by atoms with Crippen LogP contribution in [-0.4, -0.2) is 27.1 Å². The van der Waals surface area contributed by atoms with Crippen LogP contribution in [0.4, 0.5) is 0 Å². The summed E-state index contributed by atoms with van der Waals surface area (Å²) in [4.78, 5) is 12.0. The van der Waals surface area contributed by atoms with Gasteiger partial charge in [-0.1, -0.05) is 48.0 Å². The Labute approximate surface area is 163 Å². The molecular formula is C18H21ClN2O3S2. The molecule has 0 aromatic heterocycles. The molecule has 0 unspecified atom stereocenters. The molecule has 0 aliphatic carbocycles. The van der Waals surface area contributed by atoms with Crippen LogP contribution in [0.5, 0.6) is 0 Å². The molecule has 0 saturated carbocycles. The van der Waals surface area contributed by atoms with E-state index in [1.54, 1.807) is 12.1 Å². The summed E-state index contributed by atoms with van der Waals surface area (Å²) in [6.45, 7) is 0.298. The van der Waals surface area contributed by atoms with Gasteiger partial charge in [0.25, 0.3) is 0 Å². The van der Waals surface area contributed by atoms with Gasteiger partial charge in [-0.3, -0.25) is 4.79 Å². The summed E-state index contributed by atoms with van der Waals surface area (Å²) in [5.41, 5.74) is 2.53. The number of amides is 1. The van der Waals surface area contributed by atoms with E-state index in [-0.39, 0.29) is 11.7 Å². The molecule has 8 heteroatoms. The predicted octanol–water partition coefficient (Wildman–Crippen LogP) is 2.94. The van der Waals surface area contributed by atoms with Gasteiger partial charge in [0, 0.05) is 17.3 Å². The van der Waals surface area contributed by atoms with Gasteiger partial charge in [0.15, 0.2) is 0 Å². The number of carbonyl (C=O) groups is 1. The Morgan fingerprint density at radius 2 is 1.85 bits per heavy atom. The number of rotatable bonds is 9. The van der Waals surface area contributed by atoms with Crippen molar-refractivity contribution in [2.45, 2.75) is 18.1 Å². The second-order valence-electron chi connectivity index (χ2n) is 5.63. The molecule has 0 aliphatic heterocycles. The molecular weight excluding hydrogens is 392 g/mol. The van der Waals surface area contributed by atoms with Gasteiger partial charge in [-0.15, -0.1) is 11.8 Å². The molecule has 2 N–H and O–H groups in total. The Hall–Kier alpha value is -1.54. The van der Waals surface area contributed by atoms with Crippen molar-refractivity contribution in [3.05, 3.63) is 70.2 Å². The Bertz CT molecular complexity index is 857. The third-order valence-corrected chi connectivity index (χ3v) is 6.19.